The standard InChI is InChI=1S/C14H26BrN3/c1-5-9-16-11(6-2)10-13-14(15)12(7-3)17-18(13)8-4/h11,16H,5-10H2,1-4H3. The molecule has 0 spiro atoms. The second-order valence-corrected chi connectivity index (χ2v) is 5.43. The number of rotatable bonds is 8. The van der Waals surface area contributed by atoms with Gasteiger partial charge in [-0.25, -0.2) is 0 Å². The molecule has 1 rings (SSSR count). The van der Waals surface area contributed by atoms with E-state index in [1.165, 1.54) is 22.3 Å². The molecule has 3 nitrogen and oxygen atoms in total. The first-order valence-corrected chi connectivity index (χ1v) is 7.94. The van der Waals surface area contributed by atoms with Gasteiger partial charge in [0.25, 0.3) is 0 Å². The Balaban J connectivity index is 2.83. The number of nitrogens with zero attached hydrogens (tertiary/aromatic N) is 2. The topological polar surface area (TPSA) is 29.9 Å². The summed E-state index contributed by atoms with van der Waals surface area (Å²) in [7, 11) is 0. The Kier molecular flexibility index (Phi) is 6.94. The third kappa shape index (κ3) is 3.82. The number of halogens is 1. The highest BCUT2D eigenvalue weighted by Crippen LogP contribution is 2.24. The Morgan fingerprint density at radius 1 is 1.28 bits per heavy atom. The van der Waals surface area contributed by atoms with Crippen LogP contribution in [-0.4, -0.2) is 22.4 Å². The van der Waals surface area contributed by atoms with Gasteiger partial charge in [-0.2, -0.15) is 5.10 Å². The molecule has 1 unspecified atom stereocenters. The summed E-state index contributed by atoms with van der Waals surface area (Å²) in [4.78, 5) is 0. The number of hydrogen-bond acceptors (Lipinski definition) is 2. The van der Waals surface area contributed by atoms with E-state index in [1.54, 1.807) is 0 Å². The van der Waals surface area contributed by atoms with Crippen molar-refractivity contribution in [3.8, 4) is 0 Å². The highest BCUT2D eigenvalue weighted by molar-refractivity contribution is 9.10. The minimum atomic E-state index is 0.549. The van der Waals surface area contributed by atoms with E-state index in [9.17, 15) is 0 Å². The normalized spacial score (nSPS) is 12.9. The van der Waals surface area contributed by atoms with Crippen molar-refractivity contribution >= 4 is 15.9 Å². The highest BCUT2D eigenvalue weighted by Gasteiger charge is 2.17. The molecule has 1 heterocycles. The van der Waals surface area contributed by atoms with E-state index in [-0.39, 0.29) is 0 Å². The van der Waals surface area contributed by atoms with Crippen LogP contribution in [0.4, 0.5) is 0 Å². The van der Waals surface area contributed by atoms with Gasteiger partial charge in [-0.3, -0.25) is 4.68 Å². The molecule has 18 heavy (non-hydrogen) atoms. The molecule has 0 saturated heterocycles. The van der Waals surface area contributed by atoms with E-state index >= 15 is 0 Å². The fourth-order valence-corrected chi connectivity index (χ4v) is 2.88. The summed E-state index contributed by atoms with van der Waals surface area (Å²) in [6.07, 6.45) is 4.38. The van der Waals surface area contributed by atoms with Crippen molar-refractivity contribution < 1.29 is 0 Å². The third-order valence-electron chi connectivity index (χ3n) is 3.31. The van der Waals surface area contributed by atoms with Gasteiger partial charge in [-0.05, 0) is 48.7 Å². The first kappa shape index (κ1) is 15.7. The lowest BCUT2D eigenvalue weighted by molar-refractivity contribution is 0.474. The average molecular weight is 316 g/mol. The Hall–Kier alpha value is -0.350. The molecule has 1 N–H and O–H groups in total. The van der Waals surface area contributed by atoms with Gasteiger partial charge in [-0.15, -0.1) is 0 Å². The van der Waals surface area contributed by atoms with Crippen molar-refractivity contribution in [2.75, 3.05) is 6.54 Å². The summed E-state index contributed by atoms with van der Waals surface area (Å²) in [6, 6.07) is 0.549. The molecule has 0 amide bonds. The lowest BCUT2D eigenvalue weighted by Gasteiger charge is -2.17. The smallest absolute Gasteiger partial charge is 0.0766 e. The van der Waals surface area contributed by atoms with Crippen molar-refractivity contribution in [2.45, 2.75) is 66.0 Å². The largest absolute Gasteiger partial charge is 0.314 e. The first-order valence-electron chi connectivity index (χ1n) is 7.15. The van der Waals surface area contributed by atoms with Crippen LogP contribution in [0.5, 0.6) is 0 Å². The summed E-state index contributed by atoms with van der Waals surface area (Å²) >= 11 is 3.72. The molecule has 0 bridgehead atoms. The van der Waals surface area contributed by atoms with Crippen molar-refractivity contribution in [1.29, 1.82) is 0 Å². The van der Waals surface area contributed by atoms with Crippen LogP contribution < -0.4 is 5.32 Å². The molecule has 4 heteroatoms. The second kappa shape index (κ2) is 7.95. The van der Waals surface area contributed by atoms with Crippen LogP contribution in [0.15, 0.2) is 4.47 Å². The highest BCUT2D eigenvalue weighted by atomic mass is 79.9. The lowest BCUT2D eigenvalue weighted by Crippen LogP contribution is -2.32. The number of aromatic nitrogens is 2. The zero-order chi connectivity index (χ0) is 13.5. The molecule has 0 saturated carbocycles. The van der Waals surface area contributed by atoms with Crippen molar-refractivity contribution in [3.05, 3.63) is 15.9 Å². The van der Waals surface area contributed by atoms with Crippen molar-refractivity contribution in [2.24, 2.45) is 0 Å². The molecular weight excluding hydrogens is 290 g/mol. The van der Waals surface area contributed by atoms with Crippen LogP contribution in [-0.2, 0) is 19.4 Å². The maximum Gasteiger partial charge on any atom is 0.0766 e. The van der Waals surface area contributed by atoms with Crippen LogP contribution >= 0.6 is 15.9 Å². The minimum absolute atomic E-state index is 0.549. The summed E-state index contributed by atoms with van der Waals surface area (Å²) < 4.78 is 3.35. The van der Waals surface area contributed by atoms with E-state index in [1.807, 2.05) is 0 Å². The van der Waals surface area contributed by atoms with Crippen LogP contribution in [0.25, 0.3) is 0 Å². The van der Waals surface area contributed by atoms with Gasteiger partial charge in [0.05, 0.1) is 15.9 Å². The zero-order valence-corrected chi connectivity index (χ0v) is 13.7. The molecule has 0 fully saturated rings. The van der Waals surface area contributed by atoms with Crippen LogP contribution in [0.3, 0.4) is 0 Å². The first-order chi connectivity index (χ1) is 8.67. The fraction of sp³-hybridized carbons (Fsp3) is 0.786. The third-order valence-corrected chi connectivity index (χ3v) is 4.23. The van der Waals surface area contributed by atoms with Gasteiger partial charge in [0, 0.05) is 19.0 Å². The molecular formula is C14H26BrN3. The Bertz CT molecular complexity index is 360. The van der Waals surface area contributed by atoms with Crippen molar-refractivity contribution in [1.82, 2.24) is 15.1 Å². The molecule has 0 aliphatic rings. The fourth-order valence-electron chi connectivity index (χ4n) is 2.15. The Labute approximate surface area is 119 Å². The monoisotopic (exact) mass is 315 g/mol. The minimum Gasteiger partial charge on any atom is -0.314 e. The van der Waals surface area contributed by atoms with E-state index in [0.29, 0.717) is 6.04 Å². The Morgan fingerprint density at radius 2 is 2.00 bits per heavy atom. The summed E-state index contributed by atoms with van der Waals surface area (Å²) in [6.45, 7) is 10.8. The van der Waals surface area contributed by atoms with Crippen LogP contribution in [0.2, 0.25) is 0 Å². The molecule has 0 aromatic carbocycles. The Morgan fingerprint density at radius 3 is 2.50 bits per heavy atom. The molecule has 0 radical (unpaired) electrons. The molecule has 1 aromatic heterocycles. The molecule has 0 aliphatic heterocycles. The van der Waals surface area contributed by atoms with E-state index < -0.39 is 0 Å². The summed E-state index contributed by atoms with van der Waals surface area (Å²) in [5.74, 6) is 0. The van der Waals surface area contributed by atoms with Gasteiger partial charge in [0.1, 0.15) is 0 Å². The number of nitrogens with one attached hydrogen (secondary N) is 1. The van der Waals surface area contributed by atoms with Gasteiger partial charge < -0.3 is 5.32 Å². The summed E-state index contributed by atoms with van der Waals surface area (Å²) in [5, 5.41) is 8.27. The van der Waals surface area contributed by atoms with Gasteiger partial charge >= 0.3 is 0 Å². The van der Waals surface area contributed by atoms with Crippen molar-refractivity contribution in [3.63, 3.8) is 0 Å². The molecule has 1 aromatic rings. The predicted molar refractivity (Wildman–Crippen MR) is 81.1 cm³/mol. The van der Waals surface area contributed by atoms with Gasteiger partial charge in [0.15, 0.2) is 0 Å². The van der Waals surface area contributed by atoms with Crippen LogP contribution in [0, 0.1) is 0 Å². The molecule has 1 atom stereocenters. The van der Waals surface area contributed by atoms with Gasteiger partial charge in [0.2, 0.25) is 0 Å². The van der Waals surface area contributed by atoms with E-state index in [4.69, 9.17) is 0 Å². The van der Waals surface area contributed by atoms with Gasteiger partial charge in [-0.1, -0.05) is 20.8 Å². The second-order valence-electron chi connectivity index (χ2n) is 4.64. The quantitative estimate of drug-likeness (QED) is 0.795. The average Bonchev–Trinajstić information content (AvgIpc) is 2.70. The SMILES string of the molecule is CCCNC(CC)Cc1c(Br)c(CC)nn1CC. The maximum absolute atomic E-state index is 4.66. The number of aryl methyl sites for hydroxylation is 2. The lowest BCUT2D eigenvalue weighted by atomic mass is 10.1. The van der Waals surface area contributed by atoms with E-state index in [2.05, 4.69) is 58.7 Å². The summed E-state index contributed by atoms with van der Waals surface area (Å²) in [5.41, 5.74) is 2.52. The molecule has 0 aliphatic carbocycles. The zero-order valence-electron chi connectivity index (χ0n) is 12.1. The maximum atomic E-state index is 4.66. The number of hydrogen-bond donors (Lipinski definition) is 1. The predicted octanol–water partition coefficient (Wildman–Crippen LogP) is 3.55. The molecule has 104 valence electrons. The van der Waals surface area contributed by atoms with E-state index in [0.717, 1.165) is 32.4 Å². The van der Waals surface area contributed by atoms with Crippen LogP contribution in [0.1, 0.15) is 51.9 Å².